The van der Waals surface area contributed by atoms with Gasteiger partial charge in [-0.1, -0.05) is 0 Å². The Bertz CT molecular complexity index is 949. The molecule has 2 N–H and O–H groups in total. The summed E-state index contributed by atoms with van der Waals surface area (Å²) in [6, 6.07) is 11.7. The molecule has 3 aromatic rings. The van der Waals surface area contributed by atoms with Crippen LogP contribution in [0.4, 0.5) is 26.0 Å². The number of halogens is 2. The lowest BCUT2D eigenvalue weighted by molar-refractivity contribution is 0.102. The fourth-order valence-electron chi connectivity index (χ4n) is 2.27. The monoisotopic (exact) mass is 370 g/mol. The number of benzene rings is 2. The van der Waals surface area contributed by atoms with E-state index >= 15 is 0 Å². The maximum absolute atomic E-state index is 13.3. The van der Waals surface area contributed by atoms with E-state index in [1.54, 1.807) is 24.3 Å². The molecule has 2 aromatic carbocycles. The summed E-state index contributed by atoms with van der Waals surface area (Å²) in [5.41, 5.74) is 0.992. The minimum Gasteiger partial charge on any atom is -0.494 e. The smallest absolute Gasteiger partial charge is 0.274 e. The van der Waals surface area contributed by atoms with E-state index in [9.17, 15) is 13.6 Å². The SMILES string of the molecule is CCOc1ccc(NC(=O)c2cc(Nc3ccc(F)c(F)c3)ncn2)cc1. The van der Waals surface area contributed by atoms with E-state index in [0.29, 0.717) is 23.7 Å². The molecule has 0 spiro atoms. The third-order valence-corrected chi connectivity index (χ3v) is 3.51. The number of carbonyl (C=O) groups is 1. The maximum atomic E-state index is 13.3. The predicted octanol–water partition coefficient (Wildman–Crippen LogP) is 4.15. The lowest BCUT2D eigenvalue weighted by atomic mass is 10.2. The van der Waals surface area contributed by atoms with Crippen molar-refractivity contribution in [3.8, 4) is 5.75 Å². The first-order valence-corrected chi connectivity index (χ1v) is 8.13. The van der Waals surface area contributed by atoms with Gasteiger partial charge in [0.15, 0.2) is 11.6 Å². The maximum Gasteiger partial charge on any atom is 0.274 e. The van der Waals surface area contributed by atoms with Gasteiger partial charge in [-0.2, -0.15) is 0 Å². The van der Waals surface area contributed by atoms with Crippen molar-refractivity contribution in [1.82, 2.24) is 9.97 Å². The number of ether oxygens (including phenoxy) is 1. The number of nitrogens with one attached hydrogen (secondary N) is 2. The number of hydrogen-bond acceptors (Lipinski definition) is 5. The molecule has 0 atom stereocenters. The molecule has 0 aliphatic rings. The fourth-order valence-corrected chi connectivity index (χ4v) is 2.27. The van der Waals surface area contributed by atoms with E-state index in [4.69, 9.17) is 4.74 Å². The van der Waals surface area contributed by atoms with E-state index in [1.165, 1.54) is 18.5 Å². The molecule has 3 rings (SSSR count). The van der Waals surface area contributed by atoms with E-state index < -0.39 is 17.5 Å². The van der Waals surface area contributed by atoms with Crippen LogP contribution >= 0.6 is 0 Å². The van der Waals surface area contributed by atoms with Crippen LogP contribution in [0.2, 0.25) is 0 Å². The summed E-state index contributed by atoms with van der Waals surface area (Å²) in [5, 5.41) is 5.51. The highest BCUT2D eigenvalue weighted by atomic mass is 19.2. The van der Waals surface area contributed by atoms with E-state index in [1.807, 2.05) is 6.92 Å². The average Bonchev–Trinajstić information content (AvgIpc) is 2.67. The molecule has 1 aromatic heterocycles. The van der Waals surface area contributed by atoms with Crippen molar-refractivity contribution >= 4 is 23.1 Å². The van der Waals surface area contributed by atoms with E-state index in [2.05, 4.69) is 20.6 Å². The third-order valence-electron chi connectivity index (χ3n) is 3.51. The van der Waals surface area contributed by atoms with Gasteiger partial charge in [0.25, 0.3) is 5.91 Å². The van der Waals surface area contributed by atoms with Crippen molar-refractivity contribution in [2.75, 3.05) is 17.2 Å². The summed E-state index contributed by atoms with van der Waals surface area (Å²) in [6.07, 6.45) is 1.20. The minimum atomic E-state index is -0.984. The molecular weight excluding hydrogens is 354 g/mol. The first-order chi connectivity index (χ1) is 13.0. The minimum absolute atomic E-state index is 0.115. The van der Waals surface area contributed by atoms with Gasteiger partial charge in [-0.25, -0.2) is 18.7 Å². The van der Waals surface area contributed by atoms with Crippen molar-refractivity contribution in [3.63, 3.8) is 0 Å². The first kappa shape index (κ1) is 18.2. The van der Waals surface area contributed by atoms with Gasteiger partial charge in [0.05, 0.1) is 6.61 Å². The van der Waals surface area contributed by atoms with Gasteiger partial charge in [-0.3, -0.25) is 4.79 Å². The van der Waals surface area contributed by atoms with Crippen molar-refractivity contribution in [1.29, 1.82) is 0 Å². The van der Waals surface area contributed by atoms with Crippen LogP contribution in [0, 0.1) is 11.6 Å². The van der Waals surface area contributed by atoms with E-state index in [0.717, 1.165) is 12.1 Å². The molecule has 0 fully saturated rings. The Hall–Kier alpha value is -3.55. The number of rotatable bonds is 6. The zero-order chi connectivity index (χ0) is 19.2. The quantitative estimate of drug-likeness (QED) is 0.682. The highest BCUT2D eigenvalue weighted by molar-refractivity contribution is 6.03. The van der Waals surface area contributed by atoms with Gasteiger partial charge in [-0.15, -0.1) is 0 Å². The van der Waals surface area contributed by atoms with Crippen molar-refractivity contribution in [2.24, 2.45) is 0 Å². The van der Waals surface area contributed by atoms with Crippen LogP contribution in [0.25, 0.3) is 0 Å². The summed E-state index contributed by atoms with van der Waals surface area (Å²) in [6.45, 7) is 2.44. The fraction of sp³-hybridized carbons (Fsp3) is 0.105. The Morgan fingerprint density at radius 1 is 1.00 bits per heavy atom. The molecule has 0 radical (unpaired) electrons. The van der Waals surface area contributed by atoms with Gasteiger partial charge < -0.3 is 15.4 Å². The molecule has 1 amide bonds. The zero-order valence-electron chi connectivity index (χ0n) is 14.4. The standard InChI is InChI=1S/C19H16F2N4O2/c1-2-27-14-6-3-12(4-7-14)25-19(26)17-10-18(23-11-22-17)24-13-5-8-15(20)16(21)9-13/h3-11H,2H2,1H3,(H,25,26)(H,22,23,24). The second-order valence-electron chi connectivity index (χ2n) is 5.45. The number of amides is 1. The second-order valence-corrected chi connectivity index (χ2v) is 5.45. The van der Waals surface area contributed by atoms with Crippen LogP contribution in [0.5, 0.6) is 5.75 Å². The second kappa shape index (κ2) is 8.22. The molecule has 0 saturated carbocycles. The Morgan fingerprint density at radius 2 is 1.74 bits per heavy atom. The highest BCUT2D eigenvalue weighted by Crippen LogP contribution is 2.19. The molecule has 6 nitrogen and oxygen atoms in total. The molecule has 0 bridgehead atoms. The topological polar surface area (TPSA) is 76.1 Å². The van der Waals surface area contributed by atoms with Gasteiger partial charge in [0.2, 0.25) is 0 Å². The molecule has 8 heteroatoms. The molecular formula is C19H16F2N4O2. The lowest BCUT2D eigenvalue weighted by Gasteiger charge is -2.09. The van der Waals surface area contributed by atoms with Crippen LogP contribution in [-0.4, -0.2) is 22.5 Å². The molecule has 138 valence electrons. The molecule has 27 heavy (non-hydrogen) atoms. The largest absolute Gasteiger partial charge is 0.494 e. The predicted molar refractivity (Wildman–Crippen MR) is 97.2 cm³/mol. The van der Waals surface area contributed by atoms with Gasteiger partial charge >= 0.3 is 0 Å². The first-order valence-electron chi connectivity index (χ1n) is 8.13. The average molecular weight is 370 g/mol. The number of carbonyl (C=O) groups excluding carboxylic acids is 1. The lowest BCUT2D eigenvalue weighted by Crippen LogP contribution is -2.14. The third kappa shape index (κ3) is 4.75. The molecule has 0 aliphatic heterocycles. The summed E-state index contributed by atoms with van der Waals surface area (Å²) >= 11 is 0. The molecule has 0 aliphatic carbocycles. The molecule has 0 unspecified atom stereocenters. The Balaban J connectivity index is 1.70. The summed E-state index contributed by atoms with van der Waals surface area (Å²) in [4.78, 5) is 20.3. The normalized spacial score (nSPS) is 10.3. The van der Waals surface area contributed by atoms with Crippen LogP contribution in [0.3, 0.4) is 0 Å². The van der Waals surface area contributed by atoms with Crippen LogP contribution in [0.15, 0.2) is 54.9 Å². The van der Waals surface area contributed by atoms with Gasteiger partial charge in [0.1, 0.15) is 23.6 Å². The van der Waals surface area contributed by atoms with Crippen molar-refractivity contribution < 1.29 is 18.3 Å². The van der Waals surface area contributed by atoms with Crippen LogP contribution < -0.4 is 15.4 Å². The summed E-state index contributed by atoms with van der Waals surface area (Å²) in [5.74, 6) is -1.39. The zero-order valence-corrected chi connectivity index (χ0v) is 14.4. The Morgan fingerprint density at radius 3 is 2.44 bits per heavy atom. The highest BCUT2D eigenvalue weighted by Gasteiger charge is 2.10. The summed E-state index contributed by atoms with van der Waals surface area (Å²) in [7, 11) is 0. The summed E-state index contributed by atoms with van der Waals surface area (Å²) < 4.78 is 31.6. The van der Waals surface area contributed by atoms with E-state index in [-0.39, 0.29) is 11.5 Å². The Kier molecular flexibility index (Phi) is 5.55. The Labute approximate surface area is 154 Å². The molecule has 0 saturated heterocycles. The van der Waals surface area contributed by atoms with Crippen molar-refractivity contribution in [2.45, 2.75) is 6.92 Å². The molecule has 1 heterocycles. The van der Waals surface area contributed by atoms with Crippen LogP contribution in [-0.2, 0) is 0 Å². The van der Waals surface area contributed by atoms with Crippen molar-refractivity contribution in [3.05, 3.63) is 72.2 Å². The van der Waals surface area contributed by atoms with Crippen LogP contribution in [0.1, 0.15) is 17.4 Å². The van der Waals surface area contributed by atoms with Gasteiger partial charge in [0, 0.05) is 23.5 Å². The number of hydrogen-bond donors (Lipinski definition) is 2. The van der Waals surface area contributed by atoms with Gasteiger partial charge in [-0.05, 0) is 43.3 Å². The number of nitrogens with zero attached hydrogens (tertiary/aromatic N) is 2. The number of anilines is 3. The number of aromatic nitrogens is 2.